The molecule has 0 saturated carbocycles. The quantitative estimate of drug-likeness (QED) is 0.180. The third-order valence-electron chi connectivity index (χ3n) is 5.64. The average molecular weight is 547 g/mol. The summed E-state index contributed by atoms with van der Waals surface area (Å²) in [4.78, 5) is 12.2. The van der Waals surface area contributed by atoms with E-state index in [-0.39, 0.29) is 23.5 Å². The summed E-state index contributed by atoms with van der Waals surface area (Å²) < 4.78 is 53.7. The number of carbonyl (C=O) groups is 1. The van der Waals surface area contributed by atoms with Crippen molar-refractivity contribution in [3.05, 3.63) is 84.1 Å². The minimum Gasteiger partial charge on any atom is -0.504 e. The summed E-state index contributed by atoms with van der Waals surface area (Å²) in [6, 6.07) is 18.0. The molecule has 0 amide bonds. The molecule has 0 spiro atoms. The van der Waals surface area contributed by atoms with E-state index in [9.17, 15) is 28.2 Å². The Morgan fingerprint density at radius 1 is 1.05 bits per heavy atom. The maximum absolute atomic E-state index is 12.7. The predicted molar refractivity (Wildman–Crippen MR) is 134 cm³/mol. The van der Waals surface area contributed by atoms with Crippen molar-refractivity contribution in [3.8, 4) is 39.9 Å². The van der Waals surface area contributed by atoms with Gasteiger partial charge >= 0.3 is 12.3 Å². The highest BCUT2D eigenvalue weighted by Gasteiger charge is 2.32. The molecule has 0 bridgehead atoms. The van der Waals surface area contributed by atoms with Gasteiger partial charge in [-0.25, -0.2) is 4.68 Å². The number of methoxy groups -OCH3 is 1. The van der Waals surface area contributed by atoms with Crippen LogP contribution in [0.25, 0.3) is 16.9 Å². The number of thiol groups is 1. The number of hydrogen-bond acceptors (Lipinski definition) is 7. The second kappa shape index (κ2) is 11.0. The van der Waals surface area contributed by atoms with Gasteiger partial charge in [0.15, 0.2) is 11.5 Å². The Hall–Kier alpha value is -4.32. The standard InChI is InChI=1S/C26H21F3N2O6S/c1-35-19-8-6-18(7-9-19)31-22(16-5-10-23(32)24(12-16)37-38)14-17(30-31)13-21(25(33)34)15-3-2-4-20(11-15)36-26(27,28)29/h2-12,14,21,32,38H,13H2,1H3,(H,33,34). The van der Waals surface area contributed by atoms with E-state index in [1.54, 1.807) is 41.1 Å². The second-order valence-corrected chi connectivity index (χ2v) is 8.30. The lowest BCUT2D eigenvalue weighted by Gasteiger charge is -2.14. The zero-order chi connectivity index (χ0) is 27.4. The molecule has 0 saturated heterocycles. The van der Waals surface area contributed by atoms with Gasteiger partial charge in [-0.15, -0.1) is 13.2 Å². The molecule has 0 fully saturated rings. The molecule has 3 aromatic carbocycles. The van der Waals surface area contributed by atoms with Gasteiger partial charge in [-0.2, -0.15) is 5.10 Å². The van der Waals surface area contributed by atoms with Gasteiger partial charge in [0.1, 0.15) is 11.5 Å². The number of aromatic hydroxyl groups is 1. The van der Waals surface area contributed by atoms with E-state index in [0.29, 0.717) is 28.4 Å². The van der Waals surface area contributed by atoms with Crippen LogP contribution in [0.2, 0.25) is 0 Å². The minimum atomic E-state index is -4.91. The SMILES string of the molecule is COc1ccc(-n2nc(CC(C(=O)O)c3cccc(OC(F)(F)F)c3)cc2-c2ccc(O)c(OS)c2)cc1. The average Bonchev–Trinajstić information content (AvgIpc) is 3.30. The fourth-order valence-corrected chi connectivity index (χ4v) is 4.03. The molecule has 198 valence electrons. The Labute approximate surface area is 220 Å². The fraction of sp³-hybridized carbons (Fsp3) is 0.154. The molecule has 0 aliphatic rings. The topological polar surface area (TPSA) is 103 Å². The van der Waals surface area contributed by atoms with Gasteiger partial charge in [0.2, 0.25) is 0 Å². The first-order valence-electron chi connectivity index (χ1n) is 11.0. The Morgan fingerprint density at radius 2 is 1.79 bits per heavy atom. The van der Waals surface area contributed by atoms with Crippen LogP contribution in [0.15, 0.2) is 72.8 Å². The van der Waals surface area contributed by atoms with Gasteiger partial charge < -0.3 is 23.9 Å². The summed E-state index contributed by atoms with van der Waals surface area (Å²) in [7, 11) is 1.53. The summed E-state index contributed by atoms with van der Waals surface area (Å²) in [6.07, 6.45) is -5.04. The van der Waals surface area contributed by atoms with Crippen LogP contribution in [0.5, 0.6) is 23.0 Å². The predicted octanol–water partition coefficient (Wildman–Crippen LogP) is 5.79. The van der Waals surface area contributed by atoms with Crippen molar-refractivity contribution in [2.45, 2.75) is 18.7 Å². The number of carboxylic acid groups (broad SMARTS) is 1. The Morgan fingerprint density at radius 3 is 2.42 bits per heavy atom. The number of nitrogens with zero attached hydrogens (tertiary/aromatic N) is 2. The molecule has 8 nitrogen and oxygen atoms in total. The normalized spacial score (nSPS) is 12.1. The van der Waals surface area contributed by atoms with Gasteiger partial charge in [-0.3, -0.25) is 4.79 Å². The van der Waals surface area contributed by atoms with Crippen molar-refractivity contribution in [2.24, 2.45) is 0 Å². The molecule has 0 aliphatic carbocycles. The number of carboxylic acids is 1. The molecule has 4 rings (SSSR count). The van der Waals surface area contributed by atoms with E-state index in [0.717, 1.165) is 12.1 Å². The van der Waals surface area contributed by atoms with Gasteiger partial charge in [-0.1, -0.05) is 12.1 Å². The van der Waals surface area contributed by atoms with Crippen LogP contribution in [-0.2, 0) is 11.2 Å². The van der Waals surface area contributed by atoms with Crippen LogP contribution in [0.1, 0.15) is 17.2 Å². The third-order valence-corrected chi connectivity index (χ3v) is 5.83. The van der Waals surface area contributed by atoms with Crippen molar-refractivity contribution in [2.75, 3.05) is 7.11 Å². The highest BCUT2D eigenvalue weighted by Crippen LogP contribution is 2.35. The molecule has 0 radical (unpaired) electrons. The highest BCUT2D eigenvalue weighted by molar-refractivity contribution is 7.75. The zero-order valence-electron chi connectivity index (χ0n) is 19.7. The summed E-state index contributed by atoms with van der Waals surface area (Å²) in [5, 5.41) is 24.5. The van der Waals surface area contributed by atoms with E-state index in [2.05, 4.69) is 22.7 Å². The second-order valence-electron chi connectivity index (χ2n) is 8.12. The van der Waals surface area contributed by atoms with Crippen LogP contribution >= 0.6 is 12.9 Å². The van der Waals surface area contributed by atoms with Gasteiger partial charge in [0.25, 0.3) is 0 Å². The highest BCUT2D eigenvalue weighted by atomic mass is 32.1. The van der Waals surface area contributed by atoms with Crippen LogP contribution in [0.4, 0.5) is 13.2 Å². The smallest absolute Gasteiger partial charge is 0.504 e. The zero-order valence-corrected chi connectivity index (χ0v) is 20.6. The molecule has 0 aliphatic heterocycles. The van der Waals surface area contributed by atoms with E-state index in [4.69, 9.17) is 8.92 Å². The van der Waals surface area contributed by atoms with Crippen LogP contribution in [-0.4, -0.2) is 39.4 Å². The van der Waals surface area contributed by atoms with Crippen molar-refractivity contribution < 1.29 is 41.8 Å². The fourth-order valence-electron chi connectivity index (χ4n) is 3.89. The van der Waals surface area contributed by atoms with Crippen LogP contribution in [0, 0.1) is 0 Å². The van der Waals surface area contributed by atoms with Crippen LogP contribution < -0.4 is 13.7 Å². The Balaban J connectivity index is 1.76. The van der Waals surface area contributed by atoms with E-state index >= 15 is 0 Å². The van der Waals surface area contributed by atoms with Crippen molar-refractivity contribution >= 4 is 18.9 Å². The number of alkyl halides is 3. The van der Waals surface area contributed by atoms with Crippen molar-refractivity contribution in [1.82, 2.24) is 9.78 Å². The molecular formula is C26H21F3N2O6S. The molecule has 12 heteroatoms. The number of aliphatic carboxylic acids is 1. The maximum atomic E-state index is 12.7. The third kappa shape index (κ3) is 6.14. The van der Waals surface area contributed by atoms with Crippen molar-refractivity contribution in [3.63, 3.8) is 0 Å². The van der Waals surface area contributed by atoms with Gasteiger partial charge in [0, 0.05) is 24.9 Å². The first-order chi connectivity index (χ1) is 18.1. The van der Waals surface area contributed by atoms with Crippen LogP contribution in [0.3, 0.4) is 0 Å². The molecule has 2 N–H and O–H groups in total. The summed E-state index contributed by atoms with van der Waals surface area (Å²) in [6.45, 7) is 0. The number of rotatable bonds is 9. The van der Waals surface area contributed by atoms with Gasteiger partial charge in [0.05, 0.1) is 30.1 Å². The number of benzene rings is 3. The monoisotopic (exact) mass is 546 g/mol. The number of aromatic nitrogens is 2. The molecule has 1 unspecified atom stereocenters. The Bertz CT molecular complexity index is 1440. The first kappa shape index (κ1) is 26.7. The molecule has 1 aromatic heterocycles. The number of phenols is 1. The number of hydrogen-bond donors (Lipinski definition) is 3. The number of ether oxygens (including phenoxy) is 2. The lowest BCUT2D eigenvalue weighted by molar-refractivity contribution is -0.274. The molecular weight excluding hydrogens is 525 g/mol. The molecule has 1 heterocycles. The van der Waals surface area contributed by atoms with E-state index in [1.807, 2.05) is 0 Å². The van der Waals surface area contributed by atoms with Crippen molar-refractivity contribution in [1.29, 1.82) is 0 Å². The minimum absolute atomic E-state index is 0.0970. The Kier molecular flexibility index (Phi) is 7.72. The lowest BCUT2D eigenvalue weighted by atomic mass is 9.94. The first-order valence-corrected chi connectivity index (χ1v) is 11.4. The number of halogens is 3. The van der Waals surface area contributed by atoms with E-state index < -0.39 is 24.0 Å². The summed E-state index contributed by atoms with van der Waals surface area (Å²) in [5.41, 5.74) is 2.21. The largest absolute Gasteiger partial charge is 0.573 e. The molecule has 1 atom stereocenters. The summed E-state index contributed by atoms with van der Waals surface area (Å²) in [5.74, 6) is -2.40. The molecule has 38 heavy (non-hydrogen) atoms. The number of phenolic OH excluding ortho intramolecular Hbond substituents is 1. The van der Waals surface area contributed by atoms with Gasteiger partial charge in [-0.05, 0) is 66.2 Å². The maximum Gasteiger partial charge on any atom is 0.573 e. The van der Waals surface area contributed by atoms with E-state index in [1.165, 1.54) is 31.4 Å². The summed E-state index contributed by atoms with van der Waals surface area (Å²) >= 11 is 3.76. The lowest BCUT2D eigenvalue weighted by Crippen LogP contribution is -2.18. The molecule has 4 aromatic rings.